The van der Waals surface area contributed by atoms with E-state index in [1.165, 1.54) is 0 Å². The summed E-state index contributed by atoms with van der Waals surface area (Å²) >= 11 is 0. The maximum Gasteiger partial charge on any atom is 0.258 e. The lowest BCUT2D eigenvalue weighted by Gasteiger charge is -2.11. The summed E-state index contributed by atoms with van der Waals surface area (Å²) in [7, 11) is 4.10. The van der Waals surface area contributed by atoms with E-state index < -0.39 is 0 Å². The number of amides is 1. The number of fused-ring (bicyclic) bond motifs is 1. The Balaban J connectivity index is 1.56. The lowest BCUT2D eigenvalue weighted by Crippen LogP contribution is -2.20. The number of aryl methyl sites for hydroxylation is 1. The van der Waals surface area contributed by atoms with E-state index in [1.54, 1.807) is 24.7 Å². The van der Waals surface area contributed by atoms with Crippen LogP contribution >= 0.6 is 0 Å². The molecule has 3 heterocycles. The topological polar surface area (TPSA) is 98.8 Å². The summed E-state index contributed by atoms with van der Waals surface area (Å²) in [5.74, 6) is 0.419. The first-order valence-corrected chi connectivity index (χ1v) is 10.1. The van der Waals surface area contributed by atoms with Crippen LogP contribution < -0.4 is 10.6 Å². The molecule has 8 heteroatoms. The molecule has 1 amide bonds. The number of benzene rings is 1. The maximum atomic E-state index is 12.9. The third-order valence-electron chi connectivity index (χ3n) is 4.96. The van der Waals surface area contributed by atoms with Crippen molar-refractivity contribution in [3.8, 4) is 11.4 Å². The molecule has 0 aliphatic heterocycles. The third kappa shape index (κ3) is 4.70. The number of likely N-dealkylation sites (N-methyl/N-ethyl adjacent to an activating group) is 1. The van der Waals surface area contributed by atoms with Crippen LogP contribution in [-0.2, 0) is 0 Å². The van der Waals surface area contributed by atoms with E-state index in [9.17, 15) is 4.79 Å². The van der Waals surface area contributed by atoms with Crippen LogP contribution in [0, 0.1) is 6.92 Å². The van der Waals surface area contributed by atoms with Crippen molar-refractivity contribution in [1.82, 2.24) is 24.8 Å². The molecule has 0 aliphatic rings. The van der Waals surface area contributed by atoms with Crippen molar-refractivity contribution < 1.29 is 4.79 Å². The molecule has 3 N–H and O–H groups in total. The maximum absolute atomic E-state index is 12.9. The predicted molar refractivity (Wildman–Crippen MR) is 123 cm³/mol. The molecule has 31 heavy (non-hydrogen) atoms. The fourth-order valence-electron chi connectivity index (χ4n) is 3.18. The van der Waals surface area contributed by atoms with Gasteiger partial charge in [-0.15, -0.1) is 0 Å². The van der Waals surface area contributed by atoms with Gasteiger partial charge in [0.2, 0.25) is 0 Å². The zero-order chi connectivity index (χ0) is 21.8. The fourth-order valence-corrected chi connectivity index (χ4v) is 3.18. The van der Waals surface area contributed by atoms with Gasteiger partial charge in [0.1, 0.15) is 11.3 Å². The van der Waals surface area contributed by atoms with Gasteiger partial charge >= 0.3 is 0 Å². The number of H-pyrrole nitrogens is 1. The SMILES string of the molecule is Cc1ccncc1NC(=O)c1ccnc2[nH]c(-c3ccc(NCCN(C)C)cc3)nc12. The smallest absolute Gasteiger partial charge is 0.258 e. The molecule has 0 radical (unpaired) electrons. The highest BCUT2D eigenvalue weighted by Crippen LogP contribution is 2.24. The molecule has 4 aromatic rings. The number of aromatic amines is 1. The molecule has 0 atom stereocenters. The second kappa shape index (κ2) is 8.93. The molecule has 4 rings (SSSR count). The van der Waals surface area contributed by atoms with Gasteiger partial charge in [0.15, 0.2) is 5.65 Å². The normalized spacial score (nSPS) is 11.1. The molecule has 1 aromatic carbocycles. The number of imidazole rings is 1. The minimum absolute atomic E-state index is 0.248. The number of carbonyl (C=O) groups is 1. The average molecular weight is 416 g/mol. The first kappa shape index (κ1) is 20.5. The van der Waals surface area contributed by atoms with Gasteiger partial charge in [0.05, 0.1) is 17.4 Å². The Morgan fingerprint density at radius 2 is 1.90 bits per heavy atom. The number of hydrogen-bond acceptors (Lipinski definition) is 6. The van der Waals surface area contributed by atoms with Crippen molar-refractivity contribution in [2.24, 2.45) is 0 Å². The third-order valence-corrected chi connectivity index (χ3v) is 4.96. The van der Waals surface area contributed by atoms with Crippen molar-refractivity contribution in [1.29, 1.82) is 0 Å². The molecule has 8 nitrogen and oxygen atoms in total. The van der Waals surface area contributed by atoms with Gasteiger partial charge in [-0.25, -0.2) is 9.97 Å². The van der Waals surface area contributed by atoms with Crippen LogP contribution in [0.4, 0.5) is 11.4 Å². The van der Waals surface area contributed by atoms with Crippen molar-refractivity contribution in [3.05, 3.63) is 66.1 Å². The minimum Gasteiger partial charge on any atom is -0.384 e. The first-order valence-electron chi connectivity index (χ1n) is 10.1. The Morgan fingerprint density at radius 1 is 1.10 bits per heavy atom. The van der Waals surface area contributed by atoms with Crippen LogP contribution in [-0.4, -0.2) is 57.9 Å². The summed E-state index contributed by atoms with van der Waals surface area (Å²) < 4.78 is 0. The minimum atomic E-state index is -0.248. The highest BCUT2D eigenvalue weighted by atomic mass is 16.1. The summed E-state index contributed by atoms with van der Waals surface area (Å²) in [6, 6.07) is 11.5. The predicted octanol–water partition coefficient (Wildman–Crippen LogP) is 3.55. The van der Waals surface area contributed by atoms with E-state index in [2.05, 4.69) is 35.5 Å². The van der Waals surface area contributed by atoms with E-state index >= 15 is 0 Å². The van der Waals surface area contributed by atoms with Crippen molar-refractivity contribution in [3.63, 3.8) is 0 Å². The van der Waals surface area contributed by atoms with Crippen LogP contribution in [0.3, 0.4) is 0 Å². The van der Waals surface area contributed by atoms with E-state index in [4.69, 9.17) is 0 Å². The summed E-state index contributed by atoms with van der Waals surface area (Å²) in [6.07, 6.45) is 4.93. The summed E-state index contributed by atoms with van der Waals surface area (Å²) in [5, 5.41) is 6.30. The van der Waals surface area contributed by atoms with E-state index in [-0.39, 0.29) is 5.91 Å². The fraction of sp³-hybridized carbons (Fsp3) is 0.217. The highest BCUT2D eigenvalue weighted by molar-refractivity contribution is 6.11. The molecular formula is C23H25N7O. The van der Waals surface area contributed by atoms with Crippen LogP contribution in [0.5, 0.6) is 0 Å². The Labute approximate surface area is 180 Å². The first-order chi connectivity index (χ1) is 15.0. The zero-order valence-corrected chi connectivity index (χ0v) is 17.8. The van der Waals surface area contributed by atoms with Gasteiger partial charge in [-0.2, -0.15) is 0 Å². The summed E-state index contributed by atoms with van der Waals surface area (Å²) in [5.41, 5.74) is 5.14. The van der Waals surface area contributed by atoms with Crippen LogP contribution in [0.1, 0.15) is 15.9 Å². The Bertz CT molecular complexity index is 1200. The zero-order valence-electron chi connectivity index (χ0n) is 17.8. The molecule has 0 aliphatic carbocycles. The molecule has 0 fully saturated rings. The second-order valence-electron chi connectivity index (χ2n) is 7.59. The van der Waals surface area contributed by atoms with Gasteiger partial charge in [0, 0.05) is 36.7 Å². The van der Waals surface area contributed by atoms with E-state index in [0.29, 0.717) is 28.2 Å². The Kier molecular flexibility index (Phi) is 5.90. The molecule has 0 unspecified atom stereocenters. The second-order valence-corrected chi connectivity index (χ2v) is 7.59. The monoisotopic (exact) mass is 415 g/mol. The number of aromatic nitrogens is 4. The summed E-state index contributed by atoms with van der Waals surface area (Å²) in [6.45, 7) is 3.75. The number of nitrogens with one attached hydrogen (secondary N) is 3. The van der Waals surface area contributed by atoms with Crippen molar-refractivity contribution in [2.45, 2.75) is 6.92 Å². The number of hydrogen-bond donors (Lipinski definition) is 3. The number of nitrogens with zero attached hydrogens (tertiary/aromatic N) is 4. The molecule has 0 bridgehead atoms. The molecule has 158 valence electrons. The van der Waals surface area contributed by atoms with Gasteiger partial charge in [0.25, 0.3) is 5.91 Å². The van der Waals surface area contributed by atoms with Crippen molar-refractivity contribution in [2.75, 3.05) is 37.8 Å². The Hall–Kier alpha value is -3.78. The standard InChI is InChI=1S/C23H25N7O/c1-15-8-10-24-14-19(15)27-23(31)18-9-11-26-22-20(18)28-21(29-22)16-4-6-17(7-5-16)25-12-13-30(2)3/h4-11,14,25H,12-13H2,1-3H3,(H,27,31)(H,26,28,29). The van der Waals surface area contributed by atoms with E-state index in [1.807, 2.05) is 51.4 Å². The number of anilines is 2. The van der Waals surface area contributed by atoms with Crippen molar-refractivity contribution >= 4 is 28.4 Å². The lowest BCUT2D eigenvalue weighted by atomic mass is 10.2. The average Bonchev–Trinajstić information content (AvgIpc) is 3.20. The van der Waals surface area contributed by atoms with Gasteiger partial charge < -0.3 is 20.5 Å². The summed E-state index contributed by atoms with van der Waals surface area (Å²) in [4.78, 5) is 31.3. The molecule has 0 saturated heterocycles. The van der Waals surface area contributed by atoms with Crippen LogP contribution in [0.25, 0.3) is 22.6 Å². The molecule has 0 spiro atoms. The van der Waals surface area contributed by atoms with Crippen LogP contribution in [0.2, 0.25) is 0 Å². The molecule has 3 aromatic heterocycles. The number of pyridine rings is 2. The van der Waals surface area contributed by atoms with Gasteiger partial charge in [-0.3, -0.25) is 9.78 Å². The highest BCUT2D eigenvalue weighted by Gasteiger charge is 2.16. The Morgan fingerprint density at radius 3 is 2.65 bits per heavy atom. The molecular weight excluding hydrogens is 390 g/mol. The largest absolute Gasteiger partial charge is 0.384 e. The number of rotatable bonds is 7. The van der Waals surface area contributed by atoms with Gasteiger partial charge in [-0.1, -0.05) is 0 Å². The van der Waals surface area contributed by atoms with Gasteiger partial charge in [-0.05, 0) is 63.0 Å². The quantitative estimate of drug-likeness (QED) is 0.427. The van der Waals surface area contributed by atoms with Crippen LogP contribution in [0.15, 0.2) is 55.0 Å². The van der Waals surface area contributed by atoms with E-state index in [0.717, 1.165) is 29.9 Å². The number of carbonyl (C=O) groups excluding carboxylic acids is 1. The molecule has 0 saturated carbocycles. The lowest BCUT2D eigenvalue weighted by molar-refractivity contribution is 0.102.